The van der Waals surface area contributed by atoms with Crippen molar-refractivity contribution in [2.24, 2.45) is 17.6 Å². The van der Waals surface area contributed by atoms with Gasteiger partial charge in [-0.15, -0.1) is 0 Å². The van der Waals surface area contributed by atoms with Gasteiger partial charge < -0.3 is 10.6 Å². The maximum Gasteiger partial charge on any atom is 0.00725 e. The molecule has 1 aliphatic heterocycles. The zero-order valence-electron chi connectivity index (χ0n) is 10.2. The Morgan fingerprint density at radius 2 is 2.07 bits per heavy atom. The maximum atomic E-state index is 5.85. The summed E-state index contributed by atoms with van der Waals surface area (Å²) >= 11 is 2.10. The summed E-state index contributed by atoms with van der Waals surface area (Å²) in [5, 5.41) is 0. The van der Waals surface area contributed by atoms with Crippen LogP contribution < -0.4 is 5.73 Å². The molecule has 90 valence electrons. The molecule has 0 saturated carbocycles. The fourth-order valence-corrected chi connectivity index (χ4v) is 3.18. The second kappa shape index (κ2) is 7.53. The quantitative estimate of drug-likeness (QED) is 0.784. The number of hydrogen-bond acceptors (Lipinski definition) is 3. The zero-order chi connectivity index (χ0) is 11.1. The first-order valence-corrected chi connectivity index (χ1v) is 7.38. The predicted molar refractivity (Wildman–Crippen MR) is 70.4 cm³/mol. The fraction of sp³-hybridized carbons (Fsp3) is 1.00. The molecule has 0 aromatic heterocycles. The highest BCUT2D eigenvalue weighted by atomic mass is 32.2. The molecule has 1 unspecified atom stereocenters. The van der Waals surface area contributed by atoms with Crippen LogP contribution in [0.15, 0.2) is 0 Å². The van der Waals surface area contributed by atoms with Gasteiger partial charge in [-0.1, -0.05) is 13.8 Å². The third-order valence-electron chi connectivity index (χ3n) is 2.97. The van der Waals surface area contributed by atoms with Crippen LogP contribution in [0.5, 0.6) is 0 Å². The molecule has 1 aliphatic rings. The van der Waals surface area contributed by atoms with Crippen LogP contribution in [0.2, 0.25) is 0 Å². The van der Waals surface area contributed by atoms with Crippen LogP contribution in [0.3, 0.4) is 0 Å². The monoisotopic (exact) mass is 230 g/mol. The number of nitrogens with zero attached hydrogens (tertiary/aromatic N) is 1. The maximum absolute atomic E-state index is 5.85. The average molecular weight is 230 g/mol. The minimum absolute atomic E-state index is 0.702. The third kappa shape index (κ3) is 5.79. The molecule has 0 aromatic carbocycles. The van der Waals surface area contributed by atoms with E-state index in [4.69, 9.17) is 5.73 Å². The molecule has 0 aromatic rings. The summed E-state index contributed by atoms with van der Waals surface area (Å²) in [6, 6.07) is 0. The van der Waals surface area contributed by atoms with E-state index < -0.39 is 0 Å². The summed E-state index contributed by atoms with van der Waals surface area (Å²) in [5.74, 6) is 4.13. The van der Waals surface area contributed by atoms with E-state index >= 15 is 0 Å². The van der Waals surface area contributed by atoms with E-state index in [1.807, 2.05) is 0 Å². The van der Waals surface area contributed by atoms with Crippen LogP contribution in [0.1, 0.15) is 26.7 Å². The van der Waals surface area contributed by atoms with Crippen molar-refractivity contribution in [3.8, 4) is 0 Å². The molecule has 2 nitrogen and oxygen atoms in total. The topological polar surface area (TPSA) is 29.3 Å². The van der Waals surface area contributed by atoms with Gasteiger partial charge in [0.2, 0.25) is 0 Å². The van der Waals surface area contributed by atoms with Crippen LogP contribution in [0.25, 0.3) is 0 Å². The third-order valence-corrected chi connectivity index (χ3v) is 4.02. The Kier molecular flexibility index (Phi) is 6.69. The Balaban J connectivity index is 2.28. The van der Waals surface area contributed by atoms with Gasteiger partial charge in [0.15, 0.2) is 0 Å². The van der Waals surface area contributed by atoms with Crippen LogP contribution >= 0.6 is 11.8 Å². The van der Waals surface area contributed by atoms with E-state index in [0.29, 0.717) is 5.92 Å². The molecule has 0 aliphatic carbocycles. The summed E-state index contributed by atoms with van der Waals surface area (Å²) < 4.78 is 0. The van der Waals surface area contributed by atoms with Crippen molar-refractivity contribution in [2.75, 3.05) is 37.7 Å². The Morgan fingerprint density at radius 1 is 1.27 bits per heavy atom. The average Bonchev–Trinajstić information content (AvgIpc) is 2.44. The lowest BCUT2D eigenvalue weighted by Gasteiger charge is -2.26. The van der Waals surface area contributed by atoms with Crippen molar-refractivity contribution < 1.29 is 0 Å². The van der Waals surface area contributed by atoms with E-state index in [0.717, 1.165) is 12.5 Å². The van der Waals surface area contributed by atoms with Gasteiger partial charge in [-0.05, 0) is 43.5 Å². The van der Waals surface area contributed by atoms with E-state index in [-0.39, 0.29) is 0 Å². The van der Waals surface area contributed by atoms with Crippen LogP contribution in [-0.2, 0) is 0 Å². The highest BCUT2D eigenvalue weighted by Gasteiger charge is 2.15. The lowest BCUT2D eigenvalue weighted by Crippen LogP contribution is -2.35. The summed E-state index contributed by atoms with van der Waals surface area (Å²) in [7, 11) is 0. The number of thioether (sulfide) groups is 1. The molecule has 15 heavy (non-hydrogen) atoms. The molecular formula is C12H26N2S. The minimum atomic E-state index is 0.702. The molecule has 2 N–H and O–H groups in total. The predicted octanol–water partition coefficient (Wildman–Crippen LogP) is 2.05. The largest absolute Gasteiger partial charge is 0.330 e. The molecule has 1 saturated heterocycles. The molecule has 0 radical (unpaired) electrons. The van der Waals surface area contributed by atoms with Gasteiger partial charge >= 0.3 is 0 Å². The molecule has 1 rings (SSSR count). The number of rotatable bonds is 5. The van der Waals surface area contributed by atoms with Crippen molar-refractivity contribution in [1.29, 1.82) is 0 Å². The van der Waals surface area contributed by atoms with Crippen molar-refractivity contribution in [1.82, 2.24) is 4.90 Å². The van der Waals surface area contributed by atoms with Gasteiger partial charge in [-0.3, -0.25) is 0 Å². The van der Waals surface area contributed by atoms with Crippen LogP contribution in [-0.4, -0.2) is 42.6 Å². The van der Waals surface area contributed by atoms with Gasteiger partial charge in [0.25, 0.3) is 0 Å². The number of hydrogen-bond donors (Lipinski definition) is 1. The van der Waals surface area contributed by atoms with Crippen molar-refractivity contribution in [2.45, 2.75) is 26.7 Å². The minimum Gasteiger partial charge on any atom is -0.330 e. The first-order valence-electron chi connectivity index (χ1n) is 6.22. The second-order valence-electron chi connectivity index (χ2n) is 5.00. The van der Waals surface area contributed by atoms with Gasteiger partial charge in [0.05, 0.1) is 0 Å². The van der Waals surface area contributed by atoms with Gasteiger partial charge in [-0.2, -0.15) is 11.8 Å². The summed E-state index contributed by atoms with van der Waals surface area (Å²) in [6.07, 6.45) is 2.63. The Bertz CT molecular complexity index is 154. The zero-order valence-corrected chi connectivity index (χ0v) is 11.1. The van der Waals surface area contributed by atoms with E-state index in [9.17, 15) is 0 Å². The summed E-state index contributed by atoms with van der Waals surface area (Å²) in [5.41, 5.74) is 5.85. The number of nitrogens with two attached hydrogens (primary N) is 1. The normalized spacial score (nSPS) is 21.6. The van der Waals surface area contributed by atoms with E-state index in [1.165, 1.54) is 44.0 Å². The van der Waals surface area contributed by atoms with Crippen molar-refractivity contribution in [3.63, 3.8) is 0 Å². The van der Waals surface area contributed by atoms with Gasteiger partial charge in [0.1, 0.15) is 0 Å². The standard InChI is InChI=1S/C12H26N2S/c1-11(2)8-12(9-13)10-14-4-3-6-15-7-5-14/h11-12H,3-10,13H2,1-2H3. The van der Waals surface area contributed by atoms with Crippen molar-refractivity contribution in [3.05, 3.63) is 0 Å². The molecule has 0 spiro atoms. The second-order valence-corrected chi connectivity index (χ2v) is 6.22. The molecule has 0 amide bonds. The lowest BCUT2D eigenvalue weighted by atomic mass is 9.96. The van der Waals surface area contributed by atoms with Crippen LogP contribution in [0, 0.1) is 11.8 Å². The lowest BCUT2D eigenvalue weighted by molar-refractivity contribution is 0.231. The summed E-state index contributed by atoms with van der Waals surface area (Å²) in [6.45, 7) is 9.19. The van der Waals surface area contributed by atoms with Crippen molar-refractivity contribution >= 4 is 11.8 Å². The van der Waals surface area contributed by atoms with Gasteiger partial charge in [-0.25, -0.2) is 0 Å². The first kappa shape index (κ1) is 13.3. The SMILES string of the molecule is CC(C)CC(CN)CN1CCCSCC1. The highest BCUT2D eigenvalue weighted by molar-refractivity contribution is 7.99. The Morgan fingerprint density at radius 3 is 2.73 bits per heavy atom. The molecule has 1 heterocycles. The molecule has 3 heteroatoms. The Hall–Kier alpha value is 0.270. The molecule has 1 atom stereocenters. The molecule has 0 bridgehead atoms. The van der Waals surface area contributed by atoms with Gasteiger partial charge in [0, 0.05) is 18.8 Å². The van der Waals surface area contributed by atoms with E-state index in [2.05, 4.69) is 30.5 Å². The first-order chi connectivity index (χ1) is 7.22. The molecular weight excluding hydrogens is 204 g/mol. The highest BCUT2D eigenvalue weighted by Crippen LogP contribution is 2.15. The van der Waals surface area contributed by atoms with E-state index in [1.54, 1.807) is 0 Å². The summed E-state index contributed by atoms with van der Waals surface area (Å²) in [4.78, 5) is 2.61. The molecule has 1 fully saturated rings. The van der Waals surface area contributed by atoms with Crippen LogP contribution in [0.4, 0.5) is 0 Å². The smallest absolute Gasteiger partial charge is 0.00725 e. The fourth-order valence-electron chi connectivity index (χ4n) is 2.26. The Labute approximate surface area is 99.0 Å².